The number of Topliss-reactive ketones (excluding diaryl/α,β-unsaturated/α-hetero) is 1. The number of hydrogen-bond acceptors (Lipinski definition) is 4. The van der Waals surface area contributed by atoms with Crippen LogP contribution in [-0.2, 0) is 0 Å². The van der Waals surface area contributed by atoms with Crippen LogP contribution in [0.3, 0.4) is 0 Å². The number of rotatable bonds is 7. The van der Waals surface area contributed by atoms with Crippen molar-refractivity contribution < 1.29 is 18.7 Å². The summed E-state index contributed by atoms with van der Waals surface area (Å²) in [6.45, 7) is 2.88. The highest BCUT2D eigenvalue weighted by atomic mass is 35.5. The van der Waals surface area contributed by atoms with Gasteiger partial charge in [-0.15, -0.1) is 12.4 Å². The highest BCUT2D eigenvalue weighted by Crippen LogP contribution is 2.22. The van der Waals surface area contributed by atoms with Gasteiger partial charge in [-0.1, -0.05) is 12.1 Å². The van der Waals surface area contributed by atoms with E-state index in [0.717, 1.165) is 32.5 Å². The Morgan fingerprint density at radius 2 is 1.76 bits per heavy atom. The molecule has 1 aliphatic rings. The Labute approximate surface area is 176 Å². The third kappa shape index (κ3) is 6.02. The molecular formula is C22H26ClFN2O3. The molecule has 0 aliphatic carbocycles. The summed E-state index contributed by atoms with van der Waals surface area (Å²) in [5.74, 6) is 0.134. The molecule has 1 saturated heterocycles. The number of carbonyl (C=O) groups excluding carboxylic acids is 2. The second-order valence-corrected chi connectivity index (χ2v) is 6.94. The largest absolute Gasteiger partial charge is 0.496 e. The number of benzene rings is 2. The number of amides is 1. The van der Waals surface area contributed by atoms with Gasteiger partial charge in [-0.2, -0.15) is 0 Å². The van der Waals surface area contributed by atoms with Gasteiger partial charge in [0.25, 0.3) is 5.91 Å². The van der Waals surface area contributed by atoms with E-state index in [1.165, 1.54) is 12.1 Å². The van der Waals surface area contributed by atoms with Crippen LogP contribution in [0.1, 0.15) is 33.6 Å². The Bertz CT molecular complexity index is 821. The van der Waals surface area contributed by atoms with Crippen LogP contribution in [-0.4, -0.2) is 49.9 Å². The van der Waals surface area contributed by atoms with Gasteiger partial charge in [-0.05, 0) is 62.3 Å². The van der Waals surface area contributed by atoms with E-state index in [4.69, 9.17) is 4.74 Å². The van der Waals surface area contributed by atoms with Crippen LogP contribution in [0.25, 0.3) is 0 Å². The lowest BCUT2D eigenvalue weighted by molar-refractivity contribution is 0.0839. The monoisotopic (exact) mass is 420 g/mol. The highest BCUT2D eigenvalue weighted by Gasteiger charge is 2.25. The number of carbonyl (C=O) groups is 2. The molecule has 3 rings (SSSR count). The number of ketones is 1. The minimum atomic E-state index is -0.332. The van der Waals surface area contributed by atoms with Crippen molar-refractivity contribution in [2.75, 3.05) is 33.3 Å². The van der Waals surface area contributed by atoms with Gasteiger partial charge in [0, 0.05) is 24.6 Å². The summed E-state index contributed by atoms with van der Waals surface area (Å²) in [6, 6.07) is 12.9. The van der Waals surface area contributed by atoms with E-state index in [-0.39, 0.29) is 35.8 Å². The van der Waals surface area contributed by atoms with Crippen molar-refractivity contribution in [3.8, 4) is 5.75 Å². The minimum absolute atomic E-state index is 0. The number of halogens is 2. The fourth-order valence-electron chi connectivity index (χ4n) is 3.52. The summed E-state index contributed by atoms with van der Waals surface area (Å²) in [7, 11) is 1.55. The fraction of sp³-hybridized carbons (Fsp3) is 0.364. The quantitative estimate of drug-likeness (QED) is 0.695. The molecule has 2 aromatic carbocycles. The molecule has 1 aliphatic heterocycles. The van der Waals surface area contributed by atoms with Crippen molar-refractivity contribution in [1.82, 2.24) is 10.2 Å². The van der Waals surface area contributed by atoms with E-state index in [1.807, 2.05) is 6.07 Å². The zero-order chi connectivity index (χ0) is 19.9. The second-order valence-electron chi connectivity index (χ2n) is 6.94. The normalized spacial score (nSPS) is 14.7. The topological polar surface area (TPSA) is 58.6 Å². The summed E-state index contributed by atoms with van der Waals surface area (Å²) < 4.78 is 18.2. The maximum absolute atomic E-state index is 13.0. The summed E-state index contributed by atoms with van der Waals surface area (Å²) in [6.07, 6.45) is 1.55. The van der Waals surface area contributed by atoms with E-state index in [2.05, 4.69) is 10.2 Å². The van der Waals surface area contributed by atoms with Crippen molar-refractivity contribution in [3.05, 3.63) is 65.5 Å². The number of hydrogen-bond donors (Lipinski definition) is 1. The number of nitrogens with zero attached hydrogens (tertiary/aromatic N) is 1. The van der Waals surface area contributed by atoms with Gasteiger partial charge in [0.15, 0.2) is 5.78 Å². The van der Waals surface area contributed by atoms with E-state index in [1.54, 1.807) is 37.4 Å². The average Bonchev–Trinajstić information content (AvgIpc) is 2.74. The third-order valence-corrected chi connectivity index (χ3v) is 5.15. The SMILES string of the molecule is COc1ccccc1C(=O)NCCN1CCC(C(=O)c2ccc(F)cc2)CC1.Cl. The molecule has 7 heteroatoms. The fourth-order valence-corrected chi connectivity index (χ4v) is 3.52. The van der Waals surface area contributed by atoms with Gasteiger partial charge in [-0.3, -0.25) is 9.59 Å². The summed E-state index contributed by atoms with van der Waals surface area (Å²) >= 11 is 0. The number of ether oxygens (including phenoxy) is 1. The highest BCUT2D eigenvalue weighted by molar-refractivity contribution is 5.98. The lowest BCUT2D eigenvalue weighted by atomic mass is 9.89. The molecule has 0 bridgehead atoms. The van der Waals surface area contributed by atoms with Gasteiger partial charge in [0.1, 0.15) is 11.6 Å². The molecule has 0 unspecified atom stereocenters. The van der Waals surface area contributed by atoms with E-state index >= 15 is 0 Å². The molecule has 0 atom stereocenters. The Morgan fingerprint density at radius 3 is 2.41 bits per heavy atom. The molecule has 156 valence electrons. The maximum atomic E-state index is 13.0. The van der Waals surface area contributed by atoms with E-state index in [0.29, 0.717) is 23.4 Å². The lowest BCUT2D eigenvalue weighted by Gasteiger charge is -2.31. The van der Waals surface area contributed by atoms with Gasteiger partial charge in [0.2, 0.25) is 0 Å². The average molecular weight is 421 g/mol. The van der Waals surface area contributed by atoms with Crippen molar-refractivity contribution >= 4 is 24.1 Å². The summed E-state index contributed by atoms with van der Waals surface area (Å²) in [5.41, 5.74) is 1.09. The molecule has 1 fully saturated rings. The predicted octanol–water partition coefficient (Wildman–Crippen LogP) is 3.58. The van der Waals surface area contributed by atoms with Crippen LogP contribution in [0.2, 0.25) is 0 Å². The number of methoxy groups -OCH3 is 1. The molecular weight excluding hydrogens is 395 g/mol. The molecule has 0 saturated carbocycles. The Kier molecular flexibility index (Phi) is 8.61. The zero-order valence-corrected chi connectivity index (χ0v) is 17.2. The van der Waals surface area contributed by atoms with Crippen LogP contribution in [0.5, 0.6) is 5.75 Å². The van der Waals surface area contributed by atoms with Crippen LogP contribution in [0.15, 0.2) is 48.5 Å². The zero-order valence-electron chi connectivity index (χ0n) is 16.4. The Balaban J connectivity index is 0.00000300. The number of piperidine rings is 1. The standard InChI is InChI=1S/C22H25FN2O3.ClH/c1-28-20-5-3-2-4-19(20)22(27)24-12-15-25-13-10-17(11-14-25)21(26)16-6-8-18(23)9-7-16;/h2-9,17H,10-15H2,1H3,(H,24,27);1H. The Hall–Kier alpha value is -2.44. The first-order chi connectivity index (χ1) is 13.6. The Morgan fingerprint density at radius 1 is 1.10 bits per heavy atom. The third-order valence-electron chi connectivity index (χ3n) is 5.15. The molecule has 1 heterocycles. The smallest absolute Gasteiger partial charge is 0.255 e. The summed E-state index contributed by atoms with van der Waals surface area (Å²) in [4.78, 5) is 27.1. The molecule has 1 N–H and O–H groups in total. The molecule has 5 nitrogen and oxygen atoms in total. The van der Waals surface area contributed by atoms with Gasteiger partial charge < -0.3 is 15.0 Å². The van der Waals surface area contributed by atoms with Crippen molar-refractivity contribution in [1.29, 1.82) is 0 Å². The first-order valence-electron chi connectivity index (χ1n) is 9.52. The van der Waals surface area contributed by atoms with Crippen molar-refractivity contribution in [2.24, 2.45) is 5.92 Å². The van der Waals surface area contributed by atoms with Gasteiger partial charge in [0.05, 0.1) is 12.7 Å². The van der Waals surface area contributed by atoms with Crippen LogP contribution < -0.4 is 10.1 Å². The van der Waals surface area contributed by atoms with E-state index < -0.39 is 0 Å². The van der Waals surface area contributed by atoms with Crippen molar-refractivity contribution in [3.63, 3.8) is 0 Å². The molecule has 0 aromatic heterocycles. The number of para-hydroxylation sites is 1. The molecule has 0 radical (unpaired) electrons. The lowest BCUT2D eigenvalue weighted by Crippen LogP contribution is -2.41. The number of nitrogens with one attached hydrogen (secondary N) is 1. The molecule has 1 amide bonds. The molecule has 29 heavy (non-hydrogen) atoms. The molecule has 0 spiro atoms. The van der Waals surface area contributed by atoms with Gasteiger partial charge in [-0.25, -0.2) is 4.39 Å². The maximum Gasteiger partial charge on any atom is 0.255 e. The van der Waals surface area contributed by atoms with Gasteiger partial charge >= 0.3 is 0 Å². The van der Waals surface area contributed by atoms with E-state index in [9.17, 15) is 14.0 Å². The first kappa shape index (κ1) is 22.8. The molecule has 2 aromatic rings. The minimum Gasteiger partial charge on any atom is -0.496 e. The predicted molar refractivity (Wildman–Crippen MR) is 112 cm³/mol. The van der Waals surface area contributed by atoms with Crippen LogP contribution in [0, 0.1) is 11.7 Å². The first-order valence-corrected chi connectivity index (χ1v) is 9.52. The van der Waals surface area contributed by atoms with Crippen molar-refractivity contribution in [2.45, 2.75) is 12.8 Å². The second kappa shape index (κ2) is 10.9. The number of likely N-dealkylation sites (tertiary alicyclic amines) is 1. The van der Waals surface area contributed by atoms with Crippen LogP contribution >= 0.6 is 12.4 Å². The summed E-state index contributed by atoms with van der Waals surface area (Å²) in [5, 5.41) is 2.92. The van der Waals surface area contributed by atoms with Crippen LogP contribution in [0.4, 0.5) is 4.39 Å².